The topological polar surface area (TPSA) is 78.9 Å². The number of hydrogen-bond donors (Lipinski definition) is 0. The fraction of sp³-hybridized carbons (Fsp3) is 0.615. The third kappa shape index (κ3) is 1.45. The van der Waals surface area contributed by atoms with Crippen molar-refractivity contribution in [2.75, 3.05) is 7.11 Å². The highest BCUT2D eigenvalue weighted by molar-refractivity contribution is 5.88. The predicted molar refractivity (Wildman–Crippen MR) is 60.6 cm³/mol. The monoisotopic (exact) mass is 266 g/mol. The number of carbonyl (C=O) groups excluding carboxylic acids is 3. The average Bonchev–Trinajstić information content (AvgIpc) is 2.94. The van der Waals surface area contributed by atoms with E-state index in [0.29, 0.717) is 12.8 Å². The second-order valence-corrected chi connectivity index (χ2v) is 5.26. The van der Waals surface area contributed by atoms with Gasteiger partial charge in [0.1, 0.15) is 17.6 Å². The number of ether oxygens (including phenoxy) is 3. The molecule has 0 N–H and O–H groups in total. The zero-order valence-electron chi connectivity index (χ0n) is 10.5. The van der Waals surface area contributed by atoms with E-state index in [2.05, 4.69) is 6.58 Å². The Balaban J connectivity index is 1.98. The van der Waals surface area contributed by atoms with Crippen LogP contribution in [0.1, 0.15) is 12.8 Å². The molecular formula is C13H14O6. The molecule has 3 fully saturated rings. The molecule has 0 aromatic carbocycles. The third-order valence-corrected chi connectivity index (χ3v) is 4.46. The van der Waals surface area contributed by atoms with Crippen LogP contribution < -0.4 is 0 Å². The predicted octanol–water partition coefficient (Wildman–Crippen LogP) is 0.209. The summed E-state index contributed by atoms with van der Waals surface area (Å²) in [5.41, 5.74) is -0.982. The maximum Gasteiger partial charge on any atom is 0.330 e. The van der Waals surface area contributed by atoms with Crippen molar-refractivity contribution in [1.29, 1.82) is 0 Å². The summed E-state index contributed by atoms with van der Waals surface area (Å²) < 4.78 is 15.4. The van der Waals surface area contributed by atoms with Gasteiger partial charge >= 0.3 is 17.9 Å². The highest BCUT2D eigenvalue weighted by Crippen LogP contribution is 2.61. The van der Waals surface area contributed by atoms with Crippen LogP contribution in [0.5, 0.6) is 0 Å². The van der Waals surface area contributed by atoms with Crippen LogP contribution in [0, 0.1) is 17.8 Å². The molecule has 0 spiro atoms. The van der Waals surface area contributed by atoms with Crippen LogP contribution in [0.2, 0.25) is 0 Å². The van der Waals surface area contributed by atoms with Crippen molar-refractivity contribution in [3.8, 4) is 0 Å². The van der Waals surface area contributed by atoms with Crippen LogP contribution in [0.3, 0.4) is 0 Å². The molecule has 2 bridgehead atoms. The summed E-state index contributed by atoms with van der Waals surface area (Å²) in [6, 6.07) is 0. The Labute approximate surface area is 109 Å². The van der Waals surface area contributed by atoms with Crippen LogP contribution in [-0.2, 0) is 28.6 Å². The first-order chi connectivity index (χ1) is 9.02. The number of fused-ring (bicyclic) bond motifs is 1. The minimum absolute atomic E-state index is 0.0609. The number of carbonyl (C=O) groups is 3. The Bertz CT molecular complexity index is 480. The van der Waals surface area contributed by atoms with E-state index in [0.717, 1.165) is 6.08 Å². The molecule has 19 heavy (non-hydrogen) atoms. The van der Waals surface area contributed by atoms with E-state index in [-0.39, 0.29) is 18.0 Å². The van der Waals surface area contributed by atoms with E-state index in [1.807, 2.05) is 0 Å². The summed E-state index contributed by atoms with van der Waals surface area (Å²) in [6.07, 6.45) is 1.63. The zero-order chi connectivity index (χ0) is 13.8. The molecular weight excluding hydrogens is 252 g/mol. The zero-order valence-corrected chi connectivity index (χ0v) is 10.5. The van der Waals surface area contributed by atoms with E-state index in [9.17, 15) is 14.4 Å². The van der Waals surface area contributed by atoms with Crippen molar-refractivity contribution in [1.82, 2.24) is 0 Å². The summed E-state index contributed by atoms with van der Waals surface area (Å²) in [4.78, 5) is 35.3. The van der Waals surface area contributed by atoms with Crippen LogP contribution >= 0.6 is 0 Å². The number of hydrogen-bond acceptors (Lipinski definition) is 6. The smallest absolute Gasteiger partial charge is 0.330 e. The van der Waals surface area contributed by atoms with Gasteiger partial charge in [-0.15, -0.1) is 0 Å². The van der Waals surface area contributed by atoms with Crippen LogP contribution in [0.25, 0.3) is 0 Å². The minimum atomic E-state index is -0.982. The molecule has 3 aliphatic rings. The molecule has 1 saturated heterocycles. The lowest BCUT2D eigenvalue weighted by Crippen LogP contribution is -2.46. The highest BCUT2D eigenvalue weighted by atomic mass is 16.6. The van der Waals surface area contributed by atoms with Gasteiger partial charge in [0, 0.05) is 18.4 Å². The van der Waals surface area contributed by atoms with Crippen LogP contribution in [0.15, 0.2) is 12.7 Å². The summed E-state index contributed by atoms with van der Waals surface area (Å²) in [5, 5.41) is 0. The molecule has 5 atom stereocenters. The fourth-order valence-corrected chi connectivity index (χ4v) is 3.84. The molecule has 5 unspecified atom stereocenters. The Morgan fingerprint density at radius 1 is 1.47 bits per heavy atom. The number of rotatable bonds is 3. The van der Waals surface area contributed by atoms with Gasteiger partial charge in [0.15, 0.2) is 0 Å². The molecule has 2 aliphatic carbocycles. The van der Waals surface area contributed by atoms with Crippen molar-refractivity contribution in [2.24, 2.45) is 17.8 Å². The molecule has 1 heterocycles. The highest BCUT2D eigenvalue weighted by Gasteiger charge is 2.73. The van der Waals surface area contributed by atoms with Crippen molar-refractivity contribution in [3.05, 3.63) is 12.7 Å². The fourth-order valence-electron chi connectivity index (χ4n) is 3.84. The average molecular weight is 266 g/mol. The maximum absolute atomic E-state index is 12.0. The molecule has 2 saturated carbocycles. The van der Waals surface area contributed by atoms with Crippen molar-refractivity contribution in [2.45, 2.75) is 24.5 Å². The summed E-state index contributed by atoms with van der Waals surface area (Å²) in [7, 11) is 1.26. The first-order valence-corrected chi connectivity index (χ1v) is 6.16. The van der Waals surface area contributed by atoms with E-state index in [1.165, 1.54) is 7.11 Å². The van der Waals surface area contributed by atoms with Gasteiger partial charge in [0.05, 0.1) is 13.0 Å². The van der Waals surface area contributed by atoms with Gasteiger partial charge in [-0.25, -0.2) is 4.79 Å². The summed E-state index contributed by atoms with van der Waals surface area (Å²) in [6.45, 7) is 3.35. The van der Waals surface area contributed by atoms with Crippen LogP contribution in [0.4, 0.5) is 0 Å². The number of esters is 3. The normalized spacial score (nSPS) is 41.8. The SMILES string of the molecule is C=CC(=O)OC12CC3OC(=O)C(C3C1)C2C(=O)OC. The van der Waals surface area contributed by atoms with Crippen LogP contribution in [-0.4, -0.2) is 36.7 Å². The Morgan fingerprint density at radius 2 is 2.21 bits per heavy atom. The molecule has 6 nitrogen and oxygen atoms in total. The molecule has 6 heteroatoms. The lowest BCUT2D eigenvalue weighted by atomic mass is 9.77. The molecule has 0 aromatic heterocycles. The molecule has 0 amide bonds. The molecule has 1 aliphatic heterocycles. The van der Waals surface area contributed by atoms with Crippen molar-refractivity contribution < 1.29 is 28.6 Å². The lowest BCUT2D eigenvalue weighted by Gasteiger charge is -2.33. The van der Waals surface area contributed by atoms with Gasteiger partial charge in [-0.05, 0) is 6.42 Å². The van der Waals surface area contributed by atoms with Crippen molar-refractivity contribution >= 4 is 17.9 Å². The van der Waals surface area contributed by atoms with Gasteiger partial charge in [-0.1, -0.05) is 6.58 Å². The minimum Gasteiger partial charge on any atom is -0.469 e. The van der Waals surface area contributed by atoms with E-state index >= 15 is 0 Å². The second-order valence-electron chi connectivity index (χ2n) is 5.26. The summed E-state index contributed by atoms with van der Waals surface area (Å²) in [5.74, 6) is -2.89. The summed E-state index contributed by atoms with van der Waals surface area (Å²) >= 11 is 0. The molecule has 0 radical (unpaired) electrons. The Hall–Kier alpha value is -1.85. The quantitative estimate of drug-likeness (QED) is 0.413. The van der Waals surface area contributed by atoms with Crippen molar-refractivity contribution in [3.63, 3.8) is 0 Å². The van der Waals surface area contributed by atoms with Gasteiger partial charge in [-0.3, -0.25) is 9.59 Å². The molecule has 0 aromatic rings. The standard InChI is InChI=1S/C13H14O6/c1-3-8(14)19-13-4-6-7(5-13)18-11(15)9(6)10(13)12(16)17-2/h3,6-7,9-10H,1,4-5H2,2H3. The first-order valence-electron chi connectivity index (χ1n) is 6.16. The van der Waals surface area contributed by atoms with Gasteiger partial charge < -0.3 is 14.2 Å². The molecule has 102 valence electrons. The van der Waals surface area contributed by atoms with Gasteiger partial charge in [-0.2, -0.15) is 0 Å². The Morgan fingerprint density at radius 3 is 2.84 bits per heavy atom. The third-order valence-electron chi connectivity index (χ3n) is 4.46. The maximum atomic E-state index is 12.0. The second kappa shape index (κ2) is 3.82. The van der Waals surface area contributed by atoms with Gasteiger partial charge in [0.2, 0.25) is 0 Å². The van der Waals surface area contributed by atoms with E-state index in [1.54, 1.807) is 0 Å². The largest absolute Gasteiger partial charge is 0.469 e. The Kier molecular flexibility index (Phi) is 2.45. The number of methoxy groups -OCH3 is 1. The lowest BCUT2D eigenvalue weighted by molar-refractivity contribution is -0.171. The molecule has 3 rings (SSSR count). The first kappa shape index (κ1) is 12.2. The van der Waals surface area contributed by atoms with Gasteiger partial charge in [0.25, 0.3) is 0 Å². The van der Waals surface area contributed by atoms with E-state index in [4.69, 9.17) is 14.2 Å². The van der Waals surface area contributed by atoms with E-state index < -0.39 is 29.4 Å².